The predicted octanol–water partition coefficient (Wildman–Crippen LogP) is -0.362. The van der Waals surface area contributed by atoms with Gasteiger partial charge in [-0.15, -0.1) is 0 Å². The van der Waals surface area contributed by atoms with E-state index in [1.807, 2.05) is 0 Å². The van der Waals surface area contributed by atoms with Gasteiger partial charge in [0.15, 0.2) is 0 Å². The Morgan fingerprint density at radius 3 is 2.50 bits per heavy atom. The van der Waals surface area contributed by atoms with Gasteiger partial charge in [-0.1, -0.05) is 0 Å². The lowest BCUT2D eigenvalue weighted by Gasteiger charge is -2.05. The van der Waals surface area contributed by atoms with Crippen LogP contribution in [0.1, 0.15) is 0 Å². The quantitative estimate of drug-likeness (QED) is 0.581. The molecule has 10 heavy (non-hydrogen) atoms. The first kappa shape index (κ1) is 9.25. The lowest BCUT2D eigenvalue weighted by atomic mass is 10.3. The Morgan fingerprint density at radius 1 is 1.70 bits per heavy atom. The molecule has 0 aromatic carbocycles. The van der Waals surface area contributed by atoms with Crippen LogP contribution in [0.5, 0.6) is 0 Å². The fourth-order valence-electron chi connectivity index (χ4n) is 0.248. The minimum Gasteiger partial charge on any atom is -0.480 e. The predicted molar refractivity (Wildman–Crippen MR) is 27.6 cm³/mol. The number of carboxylic acids is 1. The van der Waals surface area contributed by atoms with E-state index in [0.717, 1.165) is 0 Å². The summed E-state index contributed by atoms with van der Waals surface area (Å²) in [4.78, 5) is 9.86. The first-order valence-corrected chi connectivity index (χ1v) is 2.42. The van der Waals surface area contributed by atoms with Crippen LogP contribution >= 0.6 is 0 Å². The van der Waals surface area contributed by atoms with Crippen LogP contribution in [0.4, 0.5) is 8.78 Å². The SMILES string of the molecule is N[C@H](COC(F)F)C(=O)O. The summed E-state index contributed by atoms with van der Waals surface area (Å²) in [5, 5.41) is 8.04. The lowest BCUT2D eigenvalue weighted by Crippen LogP contribution is -2.35. The number of halogens is 2. The molecule has 0 rings (SSSR count). The molecule has 0 amide bonds. The monoisotopic (exact) mass is 155 g/mol. The first-order chi connectivity index (χ1) is 4.54. The third-order valence-corrected chi connectivity index (χ3v) is 0.719. The number of hydrogen-bond acceptors (Lipinski definition) is 3. The number of hydrogen-bond donors (Lipinski definition) is 2. The fraction of sp³-hybridized carbons (Fsp3) is 0.750. The molecule has 0 heterocycles. The van der Waals surface area contributed by atoms with Gasteiger partial charge in [0.1, 0.15) is 6.04 Å². The highest BCUT2D eigenvalue weighted by Gasteiger charge is 2.13. The molecule has 0 saturated carbocycles. The highest BCUT2D eigenvalue weighted by atomic mass is 19.3. The molecule has 0 aliphatic carbocycles. The summed E-state index contributed by atoms with van der Waals surface area (Å²) in [6.45, 7) is -3.64. The summed E-state index contributed by atoms with van der Waals surface area (Å²) in [6, 6.07) is -1.38. The highest BCUT2D eigenvalue weighted by molar-refractivity contribution is 5.73. The van der Waals surface area contributed by atoms with E-state index >= 15 is 0 Å². The number of nitrogens with two attached hydrogens (primary N) is 1. The second kappa shape index (κ2) is 4.13. The summed E-state index contributed by atoms with van der Waals surface area (Å²) in [7, 11) is 0. The smallest absolute Gasteiger partial charge is 0.345 e. The first-order valence-electron chi connectivity index (χ1n) is 2.42. The molecule has 3 N–H and O–H groups in total. The van der Waals surface area contributed by atoms with Crippen LogP contribution in [0.15, 0.2) is 0 Å². The van der Waals surface area contributed by atoms with Crippen molar-refractivity contribution in [2.45, 2.75) is 12.7 Å². The average molecular weight is 155 g/mol. The van der Waals surface area contributed by atoms with Crippen LogP contribution in [0, 0.1) is 0 Å². The number of carbonyl (C=O) groups is 1. The van der Waals surface area contributed by atoms with E-state index < -0.39 is 25.2 Å². The zero-order valence-electron chi connectivity index (χ0n) is 4.96. The fourth-order valence-corrected chi connectivity index (χ4v) is 0.248. The third-order valence-electron chi connectivity index (χ3n) is 0.719. The van der Waals surface area contributed by atoms with Crippen molar-refractivity contribution in [1.29, 1.82) is 0 Å². The molecule has 1 atom stereocenters. The van der Waals surface area contributed by atoms with Crippen LogP contribution in [-0.2, 0) is 9.53 Å². The molecule has 0 aromatic heterocycles. The van der Waals surface area contributed by atoms with Gasteiger partial charge in [0.05, 0.1) is 6.61 Å². The van der Waals surface area contributed by atoms with Gasteiger partial charge in [-0.05, 0) is 0 Å². The van der Waals surface area contributed by atoms with Crippen LogP contribution in [0.2, 0.25) is 0 Å². The van der Waals surface area contributed by atoms with Crippen LogP contribution < -0.4 is 5.73 Å². The van der Waals surface area contributed by atoms with E-state index in [4.69, 9.17) is 10.8 Å². The summed E-state index contributed by atoms with van der Waals surface area (Å²) < 4.78 is 26.0. The van der Waals surface area contributed by atoms with E-state index in [1.165, 1.54) is 0 Å². The van der Waals surface area contributed by atoms with E-state index in [1.54, 1.807) is 0 Å². The van der Waals surface area contributed by atoms with Crippen LogP contribution in [0.3, 0.4) is 0 Å². The number of carboxylic acid groups (broad SMARTS) is 1. The Labute approximate surface area is 55.6 Å². The van der Waals surface area contributed by atoms with Gasteiger partial charge in [-0.25, -0.2) is 0 Å². The molecule has 0 radical (unpaired) electrons. The van der Waals surface area contributed by atoms with Gasteiger partial charge in [-0.2, -0.15) is 8.78 Å². The zero-order valence-corrected chi connectivity index (χ0v) is 4.96. The van der Waals surface area contributed by atoms with Crippen LogP contribution in [0.25, 0.3) is 0 Å². The highest BCUT2D eigenvalue weighted by Crippen LogP contribution is 1.94. The zero-order chi connectivity index (χ0) is 8.15. The molecule has 4 nitrogen and oxygen atoms in total. The maximum absolute atomic E-state index is 11.2. The molecule has 0 saturated heterocycles. The Hall–Kier alpha value is -0.750. The largest absolute Gasteiger partial charge is 0.480 e. The van der Waals surface area contributed by atoms with Gasteiger partial charge in [-0.3, -0.25) is 4.79 Å². The van der Waals surface area contributed by atoms with Crippen molar-refractivity contribution in [3.8, 4) is 0 Å². The van der Waals surface area contributed by atoms with Crippen molar-refractivity contribution < 1.29 is 23.4 Å². The van der Waals surface area contributed by atoms with Crippen molar-refractivity contribution in [3.05, 3.63) is 0 Å². The molecule has 0 aliphatic heterocycles. The number of rotatable bonds is 4. The van der Waals surface area contributed by atoms with Gasteiger partial charge >= 0.3 is 12.6 Å². The number of ether oxygens (including phenoxy) is 1. The molecule has 0 bridgehead atoms. The normalized spacial score (nSPS) is 13.6. The second-order valence-electron chi connectivity index (χ2n) is 1.54. The van der Waals surface area contributed by atoms with Crippen LogP contribution in [-0.4, -0.2) is 30.3 Å². The summed E-state index contributed by atoms with van der Waals surface area (Å²) in [5.74, 6) is -1.36. The molecular formula is C4H7F2NO3. The van der Waals surface area contributed by atoms with Crippen molar-refractivity contribution in [2.24, 2.45) is 5.73 Å². The minimum atomic E-state index is -2.97. The van der Waals surface area contributed by atoms with Gasteiger partial charge < -0.3 is 15.6 Å². The molecule has 0 unspecified atom stereocenters. The Balaban J connectivity index is 3.40. The van der Waals surface area contributed by atoms with Gasteiger partial charge in [0.25, 0.3) is 0 Å². The molecule has 0 aliphatic rings. The summed E-state index contributed by atoms with van der Waals surface area (Å²) in [6.07, 6.45) is 0. The molecule has 0 aromatic rings. The topological polar surface area (TPSA) is 72.5 Å². The second-order valence-corrected chi connectivity index (χ2v) is 1.54. The Kier molecular flexibility index (Phi) is 3.82. The third kappa shape index (κ3) is 4.16. The minimum absolute atomic E-state index is 0.674. The maximum Gasteiger partial charge on any atom is 0.345 e. The summed E-state index contributed by atoms with van der Waals surface area (Å²) in [5.41, 5.74) is 4.81. The molecule has 60 valence electrons. The van der Waals surface area contributed by atoms with E-state index in [0.29, 0.717) is 0 Å². The molecule has 0 spiro atoms. The standard InChI is InChI=1S/C4H7F2NO3/c5-4(6)10-1-2(7)3(8)9/h2,4H,1,7H2,(H,8,9)/t2-/m1/s1. The molecule has 6 heteroatoms. The van der Waals surface area contributed by atoms with Gasteiger partial charge in [0.2, 0.25) is 0 Å². The van der Waals surface area contributed by atoms with Crippen molar-refractivity contribution >= 4 is 5.97 Å². The lowest BCUT2D eigenvalue weighted by molar-refractivity contribution is -0.151. The maximum atomic E-state index is 11.2. The molecule has 0 fully saturated rings. The Morgan fingerprint density at radius 2 is 2.20 bits per heavy atom. The van der Waals surface area contributed by atoms with Gasteiger partial charge in [0, 0.05) is 0 Å². The van der Waals surface area contributed by atoms with E-state index in [9.17, 15) is 13.6 Å². The average Bonchev–Trinajstić information content (AvgIpc) is 1.82. The molecular weight excluding hydrogens is 148 g/mol. The van der Waals surface area contributed by atoms with Crippen molar-refractivity contribution in [3.63, 3.8) is 0 Å². The van der Waals surface area contributed by atoms with Crippen molar-refractivity contribution in [1.82, 2.24) is 0 Å². The van der Waals surface area contributed by atoms with E-state index in [2.05, 4.69) is 4.74 Å². The van der Waals surface area contributed by atoms with E-state index in [-0.39, 0.29) is 0 Å². The van der Waals surface area contributed by atoms with Crippen molar-refractivity contribution in [2.75, 3.05) is 6.61 Å². The number of aliphatic carboxylic acids is 1. The number of alkyl halides is 2. The summed E-state index contributed by atoms with van der Waals surface area (Å²) >= 11 is 0. The Bertz CT molecular complexity index is 119.